The molecule has 1 amide bonds. The third kappa shape index (κ3) is 4.33. The maximum atomic E-state index is 13.8. The lowest BCUT2D eigenvalue weighted by Gasteiger charge is -2.09. The number of hydrogen-bond acceptors (Lipinski definition) is 4. The summed E-state index contributed by atoms with van der Waals surface area (Å²) in [4.78, 5) is 18.7. The summed E-state index contributed by atoms with van der Waals surface area (Å²) in [6, 6.07) is 3.65. The summed E-state index contributed by atoms with van der Waals surface area (Å²) in [6.45, 7) is 3.07. The van der Waals surface area contributed by atoms with Gasteiger partial charge >= 0.3 is 0 Å². The second-order valence-corrected chi connectivity index (χ2v) is 6.44. The molecule has 0 saturated heterocycles. The fourth-order valence-corrected chi connectivity index (χ4v) is 3.12. The van der Waals surface area contributed by atoms with E-state index in [2.05, 4.69) is 10.3 Å². The van der Waals surface area contributed by atoms with Crippen LogP contribution in [-0.4, -0.2) is 43.0 Å². The lowest BCUT2D eigenvalue weighted by molar-refractivity contribution is 0.0955. The van der Waals surface area contributed by atoms with Gasteiger partial charge in [-0.1, -0.05) is 6.07 Å². The highest BCUT2D eigenvalue weighted by atomic mass is 32.1. The quantitative estimate of drug-likeness (QED) is 0.823. The molecule has 0 aliphatic heterocycles. The second kappa shape index (κ2) is 7.61. The monoisotopic (exact) mass is 339 g/mol. The van der Waals surface area contributed by atoms with Crippen LogP contribution in [0.15, 0.2) is 18.2 Å². The van der Waals surface area contributed by atoms with E-state index in [9.17, 15) is 13.6 Å². The Balaban J connectivity index is 2.13. The Morgan fingerprint density at radius 2 is 1.96 bits per heavy atom. The maximum absolute atomic E-state index is 13.8. The van der Waals surface area contributed by atoms with Crippen molar-refractivity contribution in [3.05, 3.63) is 40.4 Å². The third-order valence-electron chi connectivity index (χ3n) is 3.25. The Kier molecular flexibility index (Phi) is 5.79. The van der Waals surface area contributed by atoms with Gasteiger partial charge in [0.1, 0.15) is 21.5 Å². The number of amides is 1. The van der Waals surface area contributed by atoms with Crippen LogP contribution in [0.1, 0.15) is 21.8 Å². The standard InChI is InChI=1S/C16H19F2N3OS/c1-10-14(15(22)19-8-5-9-21(2)3)23-16(20-10)13-11(17)6-4-7-12(13)18/h4,6-7H,5,8-9H2,1-3H3,(H,19,22). The van der Waals surface area contributed by atoms with Crippen LogP contribution in [0.5, 0.6) is 0 Å². The molecular weight excluding hydrogens is 320 g/mol. The zero-order valence-corrected chi connectivity index (χ0v) is 14.1. The molecule has 2 rings (SSSR count). The molecule has 0 aliphatic carbocycles. The Labute approximate surface area is 138 Å². The second-order valence-electron chi connectivity index (χ2n) is 5.44. The number of halogens is 2. The van der Waals surface area contributed by atoms with Crippen LogP contribution < -0.4 is 5.32 Å². The van der Waals surface area contributed by atoms with Gasteiger partial charge in [-0.3, -0.25) is 4.79 Å². The van der Waals surface area contributed by atoms with E-state index in [0.29, 0.717) is 17.1 Å². The highest BCUT2D eigenvalue weighted by Crippen LogP contribution is 2.31. The zero-order valence-electron chi connectivity index (χ0n) is 13.3. The predicted molar refractivity (Wildman–Crippen MR) is 87.7 cm³/mol. The van der Waals surface area contributed by atoms with Crippen molar-refractivity contribution in [3.63, 3.8) is 0 Å². The van der Waals surface area contributed by atoms with Crippen LogP contribution in [0.3, 0.4) is 0 Å². The molecule has 0 saturated carbocycles. The van der Waals surface area contributed by atoms with Crippen molar-refractivity contribution >= 4 is 17.2 Å². The van der Waals surface area contributed by atoms with Crippen molar-refractivity contribution in [2.75, 3.05) is 27.2 Å². The van der Waals surface area contributed by atoms with Gasteiger partial charge in [-0.15, -0.1) is 11.3 Å². The fraction of sp³-hybridized carbons (Fsp3) is 0.375. The minimum atomic E-state index is -0.684. The van der Waals surface area contributed by atoms with E-state index in [1.165, 1.54) is 18.2 Å². The van der Waals surface area contributed by atoms with Gasteiger partial charge in [0.2, 0.25) is 0 Å². The van der Waals surface area contributed by atoms with Crippen LogP contribution in [0.25, 0.3) is 10.6 Å². The minimum Gasteiger partial charge on any atom is -0.351 e. The minimum absolute atomic E-state index is 0.177. The van der Waals surface area contributed by atoms with Gasteiger partial charge in [0.25, 0.3) is 5.91 Å². The van der Waals surface area contributed by atoms with Crippen LogP contribution in [0.4, 0.5) is 8.78 Å². The van der Waals surface area contributed by atoms with E-state index in [1.54, 1.807) is 6.92 Å². The SMILES string of the molecule is Cc1nc(-c2c(F)cccc2F)sc1C(=O)NCCCN(C)C. The van der Waals surface area contributed by atoms with Gasteiger partial charge in [-0.25, -0.2) is 13.8 Å². The van der Waals surface area contributed by atoms with Crippen molar-refractivity contribution in [3.8, 4) is 10.6 Å². The normalized spacial score (nSPS) is 11.0. The molecule has 4 nitrogen and oxygen atoms in total. The molecule has 1 N–H and O–H groups in total. The van der Waals surface area contributed by atoms with Crippen LogP contribution in [0, 0.1) is 18.6 Å². The molecule has 0 spiro atoms. The molecule has 0 fully saturated rings. The van der Waals surface area contributed by atoms with E-state index in [4.69, 9.17) is 0 Å². The van der Waals surface area contributed by atoms with Crippen LogP contribution >= 0.6 is 11.3 Å². The highest BCUT2D eigenvalue weighted by molar-refractivity contribution is 7.17. The lowest BCUT2D eigenvalue weighted by Crippen LogP contribution is -2.26. The average molecular weight is 339 g/mol. The maximum Gasteiger partial charge on any atom is 0.263 e. The molecule has 7 heteroatoms. The molecule has 124 valence electrons. The predicted octanol–water partition coefficient (Wildman–Crippen LogP) is 3.08. The summed E-state index contributed by atoms with van der Waals surface area (Å²) in [5, 5.41) is 2.98. The first-order chi connectivity index (χ1) is 10.9. The first kappa shape index (κ1) is 17.5. The van der Waals surface area contributed by atoms with E-state index < -0.39 is 11.6 Å². The highest BCUT2D eigenvalue weighted by Gasteiger charge is 2.20. The van der Waals surface area contributed by atoms with Crippen molar-refractivity contribution in [1.29, 1.82) is 0 Å². The summed E-state index contributed by atoms with van der Waals surface area (Å²) >= 11 is 1.000. The van der Waals surface area contributed by atoms with Crippen LogP contribution in [0.2, 0.25) is 0 Å². The molecule has 2 aromatic rings. The molecular formula is C16H19F2N3OS. The van der Waals surface area contributed by atoms with E-state index in [-0.39, 0.29) is 16.5 Å². The Hall–Kier alpha value is -1.86. The molecule has 0 bridgehead atoms. The number of hydrogen-bond donors (Lipinski definition) is 1. The number of nitrogens with zero attached hydrogens (tertiary/aromatic N) is 2. The number of carbonyl (C=O) groups excluding carboxylic acids is 1. The number of aryl methyl sites for hydroxylation is 1. The molecule has 23 heavy (non-hydrogen) atoms. The zero-order chi connectivity index (χ0) is 17.0. The van der Waals surface area contributed by atoms with Crippen molar-refractivity contribution in [2.45, 2.75) is 13.3 Å². The number of rotatable bonds is 6. The largest absolute Gasteiger partial charge is 0.351 e. The van der Waals surface area contributed by atoms with E-state index in [0.717, 1.165) is 24.3 Å². The van der Waals surface area contributed by atoms with E-state index >= 15 is 0 Å². The molecule has 0 unspecified atom stereocenters. The summed E-state index contributed by atoms with van der Waals surface area (Å²) in [6.07, 6.45) is 0.825. The van der Waals surface area contributed by atoms with Crippen molar-refractivity contribution in [2.24, 2.45) is 0 Å². The number of aromatic nitrogens is 1. The third-order valence-corrected chi connectivity index (χ3v) is 4.42. The number of thiazole rings is 1. The lowest BCUT2D eigenvalue weighted by atomic mass is 10.2. The number of benzene rings is 1. The van der Waals surface area contributed by atoms with Gasteiger partial charge in [0.05, 0.1) is 11.3 Å². The fourth-order valence-electron chi connectivity index (χ4n) is 2.09. The Morgan fingerprint density at radius 3 is 2.57 bits per heavy atom. The van der Waals surface area contributed by atoms with Gasteiger partial charge in [-0.2, -0.15) is 0 Å². The van der Waals surface area contributed by atoms with Crippen molar-refractivity contribution < 1.29 is 13.6 Å². The van der Waals surface area contributed by atoms with Gasteiger partial charge in [0, 0.05) is 6.54 Å². The van der Waals surface area contributed by atoms with Crippen LogP contribution in [-0.2, 0) is 0 Å². The molecule has 0 radical (unpaired) electrons. The molecule has 1 aromatic heterocycles. The first-order valence-electron chi connectivity index (χ1n) is 7.25. The van der Waals surface area contributed by atoms with E-state index in [1.807, 2.05) is 19.0 Å². The van der Waals surface area contributed by atoms with Gasteiger partial charge in [-0.05, 0) is 46.1 Å². The Bertz CT molecular complexity index is 680. The number of carbonyl (C=O) groups is 1. The Morgan fingerprint density at radius 1 is 1.30 bits per heavy atom. The topological polar surface area (TPSA) is 45.2 Å². The molecule has 0 aliphatic rings. The first-order valence-corrected chi connectivity index (χ1v) is 8.06. The average Bonchev–Trinajstić information content (AvgIpc) is 2.84. The molecule has 1 heterocycles. The summed E-state index contributed by atoms with van der Waals surface area (Å²) < 4.78 is 27.6. The molecule has 0 atom stereocenters. The molecule has 1 aromatic carbocycles. The smallest absolute Gasteiger partial charge is 0.263 e. The number of nitrogens with one attached hydrogen (secondary N) is 1. The van der Waals surface area contributed by atoms with Crippen molar-refractivity contribution in [1.82, 2.24) is 15.2 Å². The summed E-state index contributed by atoms with van der Waals surface area (Å²) in [7, 11) is 3.93. The summed E-state index contributed by atoms with van der Waals surface area (Å²) in [5.74, 6) is -1.63. The van der Waals surface area contributed by atoms with Gasteiger partial charge < -0.3 is 10.2 Å². The summed E-state index contributed by atoms with van der Waals surface area (Å²) in [5.41, 5.74) is 0.282. The van der Waals surface area contributed by atoms with Gasteiger partial charge in [0.15, 0.2) is 0 Å².